The number of para-hydroxylation sites is 2. The van der Waals surface area contributed by atoms with E-state index in [-0.39, 0.29) is 0 Å². The van der Waals surface area contributed by atoms with E-state index in [0.29, 0.717) is 6.85 Å². The summed E-state index contributed by atoms with van der Waals surface area (Å²) in [4.78, 5) is 2.54. The molecule has 4 aromatic rings. The standard InChI is InChI=1S/C25H18BN/c1-2-10-19(11-3-1)27-24-16-7-6-13-21(24)23-15-8-14-22-20-12-5-4-9-18(20)17-26(27)25(22)23/h1-16H,17H2. The van der Waals surface area contributed by atoms with Gasteiger partial charge in [0.05, 0.1) is 0 Å². The molecule has 0 atom stereocenters. The summed E-state index contributed by atoms with van der Waals surface area (Å²) in [7, 11) is 0. The highest BCUT2D eigenvalue weighted by Crippen LogP contribution is 2.43. The molecule has 2 heteroatoms. The fourth-order valence-electron chi connectivity index (χ4n) is 4.87. The molecular formula is C25H18BN. The molecule has 0 bridgehead atoms. The van der Waals surface area contributed by atoms with E-state index in [2.05, 4.69) is 102 Å². The number of rotatable bonds is 1. The Kier molecular flexibility index (Phi) is 3.09. The van der Waals surface area contributed by atoms with Gasteiger partial charge in [-0.05, 0) is 52.2 Å². The Morgan fingerprint density at radius 3 is 2.04 bits per heavy atom. The van der Waals surface area contributed by atoms with Crippen molar-refractivity contribution in [1.29, 1.82) is 0 Å². The fourth-order valence-corrected chi connectivity index (χ4v) is 4.87. The molecule has 6 rings (SSSR count). The first kappa shape index (κ1) is 14.9. The summed E-state index contributed by atoms with van der Waals surface area (Å²) in [6.45, 7) is 0.323. The second-order valence-corrected chi connectivity index (χ2v) is 7.37. The molecule has 0 unspecified atom stereocenters. The summed E-state index contributed by atoms with van der Waals surface area (Å²) in [6.07, 6.45) is 1.03. The van der Waals surface area contributed by atoms with Gasteiger partial charge < -0.3 is 4.81 Å². The Hall–Kier alpha value is -3.26. The molecule has 126 valence electrons. The average Bonchev–Trinajstić information content (AvgIpc) is 2.75. The van der Waals surface area contributed by atoms with E-state index in [9.17, 15) is 0 Å². The number of fused-ring (bicyclic) bond motifs is 4. The number of benzene rings is 4. The van der Waals surface area contributed by atoms with Crippen LogP contribution in [0.15, 0.2) is 97.1 Å². The van der Waals surface area contributed by atoms with Gasteiger partial charge in [-0.1, -0.05) is 78.9 Å². The molecule has 4 aromatic carbocycles. The summed E-state index contributed by atoms with van der Waals surface area (Å²) < 4.78 is 0. The first-order chi connectivity index (χ1) is 13.4. The normalized spacial score (nSPS) is 13.6. The Labute approximate surface area is 160 Å². The number of hydrogen-bond donors (Lipinski definition) is 0. The SMILES string of the molecule is c1ccc(N2B3Cc4ccccc4-c4cccc(c43)-c3ccccc32)cc1. The maximum absolute atomic E-state index is 2.54. The summed E-state index contributed by atoms with van der Waals surface area (Å²) in [5, 5.41) is 0. The van der Waals surface area contributed by atoms with Crippen molar-refractivity contribution in [3.8, 4) is 22.3 Å². The van der Waals surface area contributed by atoms with Crippen LogP contribution in [0.2, 0.25) is 0 Å². The number of nitrogens with zero attached hydrogens (tertiary/aromatic N) is 1. The zero-order valence-electron chi connectivity index (χ0n) is 15.0. The molecule has 0 aromatic heterocycles. The van der Waals surface area contributed by atoms with Crippen LogP contribution in [0.25, 0.3) is 22.3 Å². The number of anilines is 2. The molecular weight excluding hydrogens is 325 g/mol. The third kappa shape index (κ3) is 2.07. The van der Waals surface area contributed by atoms with Gasteiger partial charge >= 0.3 is 0 Å². The minimum atomic E-state index is 0.323. The van der Waals surface area contributed by atoms with Crippen LogP contribution in [-0.4, -0.2) is 6.85 Å². The quantitative estimate of drug-likeness (QED) is 0.415. The Morgan fingerprint density at radius 2 is 1.19 bits per heavy atom. The summed E-state index contributed by atoms with van der Waals surface area (Å²) in [5.41, 5.74) is 11.0. The van der Waals surface area contributed by atoms with Gasteiger partial charge in [0.1, 0.15) is 0 Å². The minimum absolute atomic E-state index is 0.323. The molecule has 0 radical (unpaired) electrons. The summed E-state index contributed by atoms with van der Waals surface area (Å²) in [6, 6.07) is 35.3. The zero-order chi connectivity index (χ0) is 17.8. The van der Waals surface area contributed by atoms with E-state index in [0.717, 1.165) is 6.32 Å². The third-order valence-corrected chi connectivity index (χ3v) is 5.96. The molecule has 1 nitrogen and oxygen atoms in total. The van der Waals surface area contributed by atoms with Crippen molar-refractivity contribution in [3.05, 3.63) is 103 Å². The average molecular weight is 343 g/mol. The van der Waals surface area contributed by atoms with Gasteiger partial charge in [-0.3, -0.25) is 0 Å². The molecule has 0 N–H and O–H groups in total. The second kappa shape index (κ2) is 5.62. The predicted octanol–water partition coefficient (Wildman–Crippen LogP) is 5.47. The maximum atomic E-state index is 2.54. The zero-order valence-corrected chi connectivity index (χ0v) is 15.0. The fraction of sp³-hybridized carbons (Fsp3) is 0.0400. The molecule has 27 heavy (non-hydrogen) atoms. The van der Waals surface area contributed by atoms with Crippen LogP contribution in [0.3, 0.4) is 0 Å². The van der Waals surface area contributed by atoms with Crippen LogP contribution < -0.4 is 10.3 Å². The van der Waals surface area contributed by atoms with Gasteiger partial charge in [-0.2, -0.15) is 0 Å². The van der Waals surface area contributed by atoms with Crippen molar-refractivity contribution < 1.29 is 0 Å². The lowest BCUT2D eigenvalue weighted by atomic mass is 9.43. The van der Waals surface area contributed by atoms with Crippen LogP contribution in [0, 0.1) is 0 Å². The van der Waals surface area contributed by atoms with E-state index in [1.165, 1.54) is 44.7 Å². The highest BCUT2D eigenvalue weighted by atomic mass is 15.1. The minimum Gasteiger partial charge on any atom is -0.381 e. The molecule has 0 saturated heterocycles. The third-order valence-electron chi connectivity index (χ3n) is 5.96. The van der Waals surface area contributed by atoms with Crippen molar-refractivity contribution in [2.45, 2.75) is 6.32 Å². The lowest BCUT2D eigenvalue weighted by molar-refractivity contribution is 1.25. The van der Waals surface area contributed by atoms with Crippen LogP contribution in [-0.2, 0) is 6.32 Å². The van der Waals surface area contributed by atoms with Crippen molar-refractivity contribution >= 4 is 23.7 Å². The van der Waals surface area contributed by atoms with Crippen molar-refractivity contribution in [2.24, 2.45) is 0 Å². The van der Waals surface area contributed by atoms with Crippen LogP contribution in [0.4, 0.5) is 11.4 Å². The first-order valence-electron chi connectivity index (χ1n) is 9.57. The number of hydrogen-bond acceptors (Lipinski definition) is 1. The van der Waals surface area contributed by atoms with Gasteiger partial charge in [0.15, 0.2) is 0 Å². The van der Waals surface area contributed by atoms with E-state index >= 15 is 0 Å². The first-order valence-corrected chi connectivity index (χ1v) is 9.57. The van der Waals surface area contributed by atoms with Gasteiger partial charge in [-0.15, -0.1) is 0 Å². The monoisotopic (exact) mass is 343 g/mol. The molecule has 0 saturated carbocycles. The molecule has 2 aliphatic heterocycles. The summed E-state index contributed by atoms with van der Waals surface area (Å²) in [5.74, 6) is 0. The van der Waals surface area contributed by atoms with Crippen molar-refractivity contribution in [2.75, 3.05) is 4.81 Å². The van der Waals surface area contributed by atoms with Crippen molar-refractivity contribution in [3.63, 3.8) is 0 Å². The Balaban J connectivity index is 1.70. The summed E-state index contributed by atoms with van der Waals surface area (Å²) >= 11 is 0. The largest absolute Gasteiger partial charge is 0.381 e. The van der Waals surface area contributed by atoms with Gasteiger partial charge in [-0.25, -0.2) is 0 Å². The smallest absolute Gasteiger partial charge is 0.299 e. The van der Waals surface area contributed by atoms with Crippen molar-refractivity contribution in [1.82, 2.24) is 0 Å². The van der Waals surface area contributed by atoms with E-state index in [4.69, 9.17) is 0 Å². The van der Waals surface area contributed by atoms with E-state index in [1.54, 1.807) is 0 Å². The van der Waals surface area contributed by atoms with Crippen LogP contribution in [0.1, 0.15) is 5.56 Å². The highest BCUT2D eigenvalue weighted by molar-refractivity contribution is 6.81. The van der Waals surface area contributed by atoms with Gasteiger partial charge in [0, 0.05) is 16.9 Å². The lowest BCUT2D eigenvalue weighted by Gasteiger charge is -2.42. The Morgan fingerprint density at radius 1 is 0.556 bits per heavy atom. The topological polar surface area (TPSA) is 3.24 Å². The van der Waals surface area contributed by atoms with E-state index < -0.39 is 0 Å². The lowest BCUT2D eigenvalue weighted by Crippen LogP contribution is -2.53. The molecule has 2 aliphatic rings. The molecule has 0 amide bonds. The molecule has 0 spiro atoms. The maximum Gasteiger partial charge on any atom is 0.299 e. The predicted molar refractivity (Wildman–Crippen MR) is 115 cm³/mol. The van der Waals surface area contributed by atoms with Gasteiger partial charge in [0.2, 0.25) is 0 Å². The van der Waals surface area contributed by atoms with E-state index in [1.807, 2.05) is 0 Å². The van der Waals surface area contributed by atoms with Crippen LogP contribution >= 0.6 is 0 Å². The molecule has 2 heterocycles. The van der Waals surface area contributed by atoms with Gasteiger partial charge in [0.25, 0.3) is 6.85 Å². The molecule has 0 aliphatic carbocycles. The second-order valence-electron chi connectivity index (χ2n) is 7.37. The molecule has 0 fully saturated rings. The van der Waals surface area contributed by atoms with Crippen LogP contribution in [0.5, 0.6) is 0 Å². The Bertz CT molecular complexity index is 1150. The highest BCUT2D eigenvalue weighted by Gasteiger charge is 2.40.